The van der Waals surface area contributed by atoms with E-state index in [0.717, 1.165) is 5.56 Å². The third-order valence-corrected chi connectivity index (χ3v) is 4.18. The van der Waals surface area contributed by atoms with Gasteiger partial charge in [0, 0.05) is 5.56 Å². The quantitative estimate of drug-likeness (QED) is 0.627. The molecule has 0 unspecified atom stereocenters. The zero-order valence-electron chi connectivity index (χ0n) is 11.8. The molecule has 0 aliphatic rings. The molecule has 0 fully saturated rings. The number of alkyl halides is 3. The van der Waals surface area contributed by atoms with Crippen LogP contribution in [0.4, 0.5) is 17.6 Å². The van der Waals surface area contributed by atoms with Crippen molar-refractivity contribution < 1.29 is 30.2 Å². The van der Waals surface area contributed by atoms with Gasteiger partial charge in [-0.1, -0.05) is 17.7 Å². The summed E-state index contributed by atoms with van der Waals surface area (Å²) in [6.07, 6.45) is -4.39. The lowest BCUT2D eigenvalue weighted by Gasteiger charge is -2.10. The Hall–Kier alpha value is -2.00. The Kier molecular flexibility index (Phi) is 4.71. The van der Waals surface area contributed by atoms with E-state index in [9.17, 15) is 26.0 Å². The van der Waals surface area contributed by atoms with E-state index in [1.165, 1.54) is 24.3 Å². The topological polar surface area (TPSA) is 56.3 Å². The van der Waals surface area contributed by atoms with Gasteiger partial charge in [0.1, 0.15) is 11.5 Å². The summed E-state index contributed by atoms with van der Waals surface area (Å²) in [4.78, 5) is 2.74. The highest BCUT2D eigenvalue weighted by molar-refractivity contribution is 7.86. The molecule has 1 aromatic heterocycles. The molecule has 124 valence electrons. The molecule has 0 radical (unpaired) electrons. The smallest absolute Gasteiger partial charge is 0.261 e. The molecule has 0 N–H and O–H groups in total. The van der Waals surface area contributed by atoms with Crippen molar-refractivity contribution in [3.63, 3.8) is 0 Å². The molecule has 1 heterocycles. The van der Waals surface area contributed by atoms with Crippen LogP contribution in [0.2, 0.25) is 0 Å². The summed E-state index contributed by atoms with van der Waals surface area (Å²) in [5.41, 5.74) is -1.06. The molecule has 4 nitrogen and oxygen atoms in total. The Morgan fingerprint density at radius 2 is 1.78 bits per heavy atom. The number of rotatable bonds is 4. The van der Waals surface area contributed by atoms with Crippen LogP contribution in [0.5, 0.6) is 0 Å². The summed E-state index contributed by atoms with van der Waals surface area (Å²) in [6.45, 7) is 0.885. The Balaban J connectivity index is 2.21. The Bertz CT molecular complexity index is 802. The lowest BCUT2D eigenvalue weighted by Crippen LogP contribution is -2.12. The van der Waals surface area contributed by atoms with Gasteiger partial charge in [-0.2, -0.15) is 21.6 Å². The fraction of sp³-hybridized carbons (Fsp3) is 0.214. The van der Waals surface area contributed by atoms with Crippen LogP contribution in [0.1, 0.15) is 16.8 Å². The van der Waals surface area contributed by atoms with Gasteiger partial charge in [0.25, 0.3) is 10.1 Å². The van der Waals surface area contributed by atoms with E-state index in [2.05, 4.69) is 9.17 Å². The largest absolute Gasteiger partial charge is 0.433 e. The number of aryl methyl sites for hydroxylation is 1. The summed E-state index contributed by atoms with van der Waals surface area (Å²) in [5, 5.41) is 0. The molecule has 1 aromatic carbocycles. The lowest BCUT2D eigenvalue weighted by atomic mass is 10.2. The van der Waals surface area contributed by atoms with Gasteiger partial charge >= 0.3 is 6.18 Å². The molecule has 0 aliphatic carbocycles. The second-order valence-electron chi connectivity index (χ2n) is 4.69. The van der Waals surface area contributed by atoms with Gasteiger partial charge in [0.2, 0.25) is 0 Å². The van der Waals surface area contributed by atoms with Crippen molar-refractivity contribution in [2.75, 3.05) is 0 Å². The number of benzene rings is 1. The highest BCUT2D eigenvalue weighted by atomic mass is 32.2. The molecule has 0 saturated heterocycles. The van der Waals surface area contributed by atoms with Gasteiger partial charge in [0.15, 0.2) is 0 Å². The van der Waals surface area contributed by atoms with E-state index < -0.39 is 40.0 Å². The van der Waals surface area contributed by atoms with Crippen LogP contribution in [0, 0.1) is 12.7 Å². The summed E-state index contributed by atoms with van der Waals surface area (Å²) < 4.78 is 79.6. The molecule has 23 heavy (non-hydrogen) atoms. The summed E-state index contributed by atoms with van der Waals surface area (Å²) in [5.74, 6) is -1.09. The summed E-state index contributed by atoms with van der Waals surface area (Å²) >= 11 is 0. The molecule has 0 saturated carbocycles. The third-order valence-electron chi connectivity index (χ3n) is 2.90. The van der Waals surface area contributed by atoms with Gasteiger partial charge in [-0.25, -0.2) is 9.37 Å². The van der Waals surface area contributed by atoms with Crippen molar-refractivity contribution in [1.29, 1.82) is 0 Å². The molecule has 2 rings (SSSR count). The van der Waals surface area contributed by atoms with Crippen molar-refractivity contribution in [2.45, 2.75) is 24.6 Å². The number of pyridine rings is 1. The van der Waals surface area contributed by atoms with Gasteiger partial charge in [-0.05, 0) is 25.1 Å². The maximum atomic E-state index is 13.5. The van der Waals surface area contributed by atoms with Crippen LogP contribution < -0.4 is 0 Å². The van der Waals surface area contributed by atoms with Crippen molar-refractivity contribution in [2.24, 2.45) is 0 Å². The van der Waals surface area contributed by atoms with Crippen molar-refractivity contribution in [3.8, 4) is 0 Å². The predicted molar refractivity (Wildman–Crippen MR) is 72.4 cm³/mol. The number of hydrogen-bond donors (Lipinski definition) is 0. The molecular weight excluding hydrogens is 338 g/mol. The van der Waals surface area contributed by atoms with Crippen molar-refractivity contribution >= 4 is 10.1 Å². The zero-order valence-corrected chi connectivity index (χ0v) is 12.6. The van der Waals surface area contributed by atoms with E-state index in [-0.39, 0.29) is 4.90 Å². The molecule has 0 bridgehead atoms. The van der Waals surface area contributed by atoms with E-state index in [1.807, 2.05) is 0 Å². The number of hydrogen-bond acceptors (Lipinski definition) is 4. The number of halogens is 4. The number of aromatic nitrogens is 1. The molecule has 0 aliphatic heterocycles. The molecule has 9 heteroatoms. The van der Waals surface area contributed by atoms with E-state index >= 15 is 0 Å². The maximum Gasteiger partial charge on any atom is 0.433 e. The van der Waals surface area contributed by atoms with Crippen LogP contribution in [-0.2, 0) is 27.1 Å². The molecular formula is C14H11F4NO3S. The zero-order chi connectivity index (χ0) is 17.3. The monoisotopic (exact) mass is 349 g/mol. The third kappa shape index (κ3) is 4.26. The van der Waals surface area contributed by atoms with E-state index in [0.29, 0.717) is 12.3 Å². The normalized spacial score (nSPS) is 12.4. The minimum atomic E-state index is -4.77. The maximum absolute atomic E-state index is 13.5. The first-order valence-corrected chi connectivity index (χ1v) is 7.68. The molecule has 2 aromatic rings. The molecule has 0 atom stereocenters. The Morgan fingerprint density at radius 1 is 1.17 bits per heavy atom. The van der Waals surface area contributed by atoms with E-state index in [4.69, 9.17) is 0 Å². The standard InChI is InChI=1S/C14H11F4NO3S/c1-9-2-4-11(5-3-9)23(20,21)22-8-10-6-13(14(16,17)18)19-7-12(10)15/h2-7H,8H2,1H3. The second-order valence-corrected chi connectivity index (χ2v) is 6.30. The van der Waals surface area contributed by atoms with Crippen LogP contribution >= 0.6 is 0 Å². The SMILES string of the molecule is Cc1ccc(S(=O)(=O)OCc2cc(C(F)(F)F)ncc2F)cc1. The summed E-state index contributed by atoms with van der Waals surface area (Å²) in [6, 6.07) is 6.06. The average Bonchev–Trinajstić information content (AvgIpc) is 2.45. The van der Waals surface area contributed by atoms with Crippen LogP contribution in [-0.4, -0.2) is 13.4 Å². The molecule has 0 spiro atoms. The highest BCUT2D eigenvalue weighted by Gasteiger charge is 2.33. The predicted octanol–water partition coefficient (Wildman–Crippen LogP) is 3.45. The van der Waals surface area contributed by atoms with Crippen LogP contribution in [0.15, 0.2) is 41.4 Å². The Labute approximate surface area is 129 Å². The van der Waals surface area contributed by atoms with Gasteiger partial charge in [0.05, 0.1) is 17.7 Å². The Morgan fingerprint density at radius 3 is 2.35 bits per heavy atom. The molecule has 0 amide bonds. The van der Waals surface area contributed by atoms with Crippen LogP contribution in [0.25, 0.3) is 0 Å². The van der Waals surface area contributed by atoms with Gasteiger partial charge in [-0.15, -0.1) is 0 Å². The fourth-order valence-corrected chi connectivity index (χ4v) is 2.55. The minimum absolute atomic E-state index is 0.173. The average molecular weight is 349 g/mol. The minimum Gasteiger partial charge on any atom is -0.261 e. The van der Waals surface area contributed by atoms with Crippen molar-refractivity contribution in [1.82, 2.24) is 4.98 Å². The highest BCUT2D eigenvalue weighted by Crippen LogP contribution is 2.29. The first-order chi connectivity index (χ1) is 10.6. The number of nitrogens with zero attached hydrogens (tertiary/aromatic N) is 1. The van der Waals surface area contributed by atoms with E-state index in [1.54, 1.807) is 6.92 Å². The first kappa shape index (κ1) is 17.4. The van der Waals surface area contributed by atoms with Crippen LogP contribution in [0.3, 0.4) is 0 Å². The second kappa shape index (κ2) is 6.25. The summed E-state index contributed by atoms with van der Waals surface area (Å²) in [7, 11) is -4.21. The van der Waals surface area contributed by atoms with Gasteiger partial charge in [-0.3, -0.25) is 4.18 Å². The fourth-order valence-electron chi connectivity index (χ4n) is 1.66. The first-order valence-electron chi connectivity index (χ1n) is 6.27. The van der Waals surface area contributed by atoms with Gasteiger partial charge < -0.3 is 0 Å². The van der Waals surface area contributed by atoms with Crippen molar-refractivity contribution in [3.05, 3.63) is 59.2 Å². The lowest BCUT2D eigenvalue weighted by molar-refractivity contribution is -0.141.